The number of fused-ring (bicyclic) bond motifs is 1. The van der Waals surface area contributed by atoms with Crippen LogP contribution < -0.4 is 14.8 Å². The Morgan fingerprint density at radius 2 is 1.65 bits per heavy atom. The van der Waals surface area contributed by atoms with Gasteiger partial charge in [0, 0.05) is 11.7 Å². The van der Waals surface area contributed by atoms with E-state index in [4.69, 9.17) is 32.7 Å². The molecule has 1 unspecified atom stereocenters. The van der Waals surface area contributed by atoms with Crippen molar-refractivity contribution in [2.75, 3.05) is 14.2 Å². The maximum atomic E-state index is 6.13. The number of rotatable bonds is 3. The molecule has 1 heterocycles. The molecular weight excluding hydrogens is 333 g/mol. The van der Waals surface area contributed by atoms with Crippen molar-refractivity contribution in [1.29, 1.82) is 0 Å². The van der Waals surface area contributed by atoms with Crippen molar-refractivity contribution in [2.45, 2.75) is 13.0 Å². The molecule has 2 aromatic rings. The van der Waals surface area contributed by atoms with Crippen LogP contribution in [0.5, 0.6) is 11.5 Å². The lowest BCUT2D eigenvalue weighted by Gasteiger charge is -2.27. The Hall–Kier alpha value is -1.84. The third-order valence-electron chi connectivity index (χ3n) is 3.96. The van der Waals surface area contributed by atoms with Crippen LogP contribution in [-0.4, -0.2) is 14.2 Å². The topological polar surface area (TPSA) is 30.5 Å². The summed E-state index contributed by atoms with van der Waals surface area (Å²) in [5.74, 6) is 1.44. The molecule has 1 aliphatic rings. The van der Waals surface area contributed by atoms with Crippen LogP contribution in [0, 0.1) is 0 Å². The van der Waals surface area contributed by atoms with Gasteiger partial charge >= 0.3 is 0 Å². The van der Waals surface area contributed by atoms with Gasteiger partial charge in [-0.25, -0.2) is 0 Å². The normalized spacial score (nSPS) is 16.2. The smallest absolute Gasteiger partial charge is 0.161 e. The molecule has 0 amide bonds. The Kier molecular flexibility index (Phi) is 4.42. The van der Waals surface area contributed by atoms with Crippen molar-refractivity contribution in [1.82, 2.24) is 5.32 Å². The summed E-state index contributed by atoms with van der Waals surface area (Å²) in [4.78, 5) is 0. The van der Waals surface area contributed by atoms with Crippen molar-refractivity contribution in [3.8, 4) is 11.5 Å². The molecule has 23 heavy (non-hydrogen) atoms. The lowest BCUT2D eigenvalue weighted by Crippen LogP contribution is -2.21. The second-order valence-corrected chi connectivity index (χ2v) is 6.20. The molecule has 0 aliphatic carbocycles. The molecule has 0 saturated carbocycles. The lowest BCUT2D eigenvalue weighted by molar-refractivity contribution is 0.354. The predicted octanol–water partition coefficient (Wildman–Crippen LogP) is 5.17. The monoisotopic (exact) mass is 349 g/mol. The second kappa shape index (κ2) is 6.34. The maximum Gasteiger partial charge on any atom is 0.161 e. The Labute approximate surface area is 145 Å². The van der Waals surface area contributed by atoms with E-state index >= 15 is 0 Å². The second-order valence-electron chi connectivity index (χ2n) is 5.39. The van der Waals surface area contributed by atoms with Gasteiger partial charge in [0.05, 0.1) is 24.3 Å². The third-order valence-corrected chi connectivity index (χ3v) is 4.70. The Bertz CT molecular complexity index is 787. The summed E-state index contributed by atoms with van der Waals surface area (Å²) in [5, 5.41) is 4.57. The molecule has 2 aromatic carbocycles. The first-order valence-corrected chi connectivity index (χ1v) is 7.98. The zero-order valence-electron chi connectivity index (χ0n) is 13.1. The van der Waals surface area contributed by atoms with E-state index in [9.17, 15) is 0 Å². The van der Waals surface area contributed by atoms with Crippen molar-refractivity contribution >= 4 is 35.0 Å². The van der Waals surface area contributed by atoms with E-state index in [-0.39, 0.29) is 6.04 Å². The highest BCUT2D eigenvalue weighted by Gasteiger charge is 2.21. The van der Waals surface area contributed by atoms with Gasteiger partial charge in [0.1, 0.15) is 0 Å². The van der Waals surface area contributed by atoms with Crippen molar-refractivity contribution < 1.29 is 9.47 Å². The average Bonchev–Trinajstić information content (AvgIpc) is 2.56. The number of hydrogen-bond acceptors (Lipinski definition) is 3. The molecule has 0 aromatic heterocycles. The molecule has 0 radical (unpaired) electrons. The molecule has 0 spiro atoms. The van der Waals surface area contributed by atoms with Crippen LogP contribution in [0.15, 0.2) is 30.3 Å². The average molecular weight is 350 g/mol. The zero-order chi connectivity index (χ0) is 16.6. The molecule has 0 fully saturated rings. The van der Waals surface area contributed by atoms with Gasteiger partial charge in [-0.2, -0.15) is 0 Å². The largest absolute Gasteiger partial charge is 0.493 e. The summed E-state index contributed by atoms with van der Waals surface area (Å²) >= 11 is 12.1. The van der Waals surface area contributed by atoms with Gasteiger partial charge in [0.2, 0.25) is 0 Å². The van der Waals surface area contributed by atoms with Crippen LogP contribution in [0.4, 0.5) is 0 Å². The first-order valence-electron chi connectivity index (χ1n) is 7.23. The van der Waals surface area contributed by atoms with E-state index in [0.717, 1.165) is 28.1 Å². The van der Waals surface area contributed by atoms with Crippen molar-refractivity contribution in [3.05, 3.63) is 57.1 Å². The van der Waals surface area contributed by atoms with Crippen LogP contribution >= 0.6 is 23.2 Å². The quantitative estimate of drug-likeness (QED) is 0.828. The van der Waals surface area contributed by atoms with Gasteiger partial charge in [-0.3, -0.25) is 0 Å². The van der Waals surface area contributed by atoms with Gasteiger partial charge in [0.25, 0.3) is 0 Å². The van der Waals surface area contributed by atoms with E-state index in [1.807, 2.05) is 24.3 Å². The molecule has 3 nitrogen and oxygen atoms in total. The predicted molar refractivity (Wildman–Crippen MR) is 95.4 cm³/mol. The minimum Gasteiger partial charge on any atom is -0.493 e. The fraction of sp³-hybridized carbons (Fsp3) is 0.222. The van der Waals surface area contributed by atoms with E-state index in [2.05, 4.69) is 18.3 Å². The van der Waals surface area contributed by atoms with Gasteiger partial charge in [0.15, 0.2) is 11.5 Å². The molecule has 1 N–H and O–H groups in total. The molecular formula is C18H17Cl2NO2. The number of methoxy groups -OCH3 is 2. The van der Waals surface area contributed by atoms with Crippen LogP contribution in [0.1, 0.15) is 29.7 Å². The Balaban J connectivity index is 2.09. The number of nitrogens with one attached hydrogen (secondary N) is 1. The van der Waals surface area contributed by atoms with E-state index in [1.165, 1.54) is 0 Å². The minimum absolute atomic E-state index is 0.138. The van der Waals surface area contributed by atoms with Crippen LogP contribution in [-0.2, 0) is 0 Å². The first kappa shape index (κ1) is 16.0. The molecule has 5 heteroatoms. The summed E-state index contributed by atoms with van der Waals surface area (Å²) in [7, 11) is 3.28. The highest BCUT2D eigenvalue weighted by Crippen LogP contribution is 2.38. The number of benzene rings is 2. The summed E-state index contributed by atoms with van der Waals surface area (Å²) in [6, 6.07) is 9.75. The highest BCUT2D eigenvalue weighted by atomic mass is 35.5. The highest BCUT2D eigenvalue weighted by molar-refractivity contribution is 6.42. The van der Waals surface area contributed by atoms with Crippen LogP contribution in [0.3, 0.4) is 0 Å². The molecule has 0 saturated heterocycles. The SMILES string of the molecule is COc1cc2c(cc1OC)C(C)NC(c1ccc(Cl)c(Cl)c1)=C2. The fourth-order valence-electron chi connectivity index (χ4n) is 2.75. The molecule has 120 valence electrons. The van der Waals surface area contributed by atoms with Gasteiger partial charge in [-0.05, 0) is 54.0 Å². The lowest BCUT2D eigenvalue weighted by atomic mass is 9.94. The van der Waals surface area contributed by atoms with Gasteiger partial charge in [-0.1, -0.05) is 29.3 Å². The van der Waals surface area contributed by atoms with E-state index in [1.54, 1.807) is 20.3 Å². The summed E-state index contributed by atoms with van der Waals surface area (Å²) in [6.07, 6.45) is 2.08. The third kappa shape index (κ3) is 2.99. The number of halogens is 2. The summed E-state index contributed by atoms with van der Waals surface area (Å²) < 4.78 is 10.8. The fourth-order valence-corrected chi connectivity index (χ4v) is 3.05. The first-order chi connectivity index (χ1) is 11.0. The minimum atomic E-state index is 0.138. The Morgan fingerprint density at radius 1 is 0.957 bits per heavy atom. The maximum absolute atomic E-state index is 6.13. The summed E-state index contributed by atoms with van der Waals surface area (Å²) in [6.45, 7) is 2.11. The van der Waals surface area contributed by atoms with Crippen molar-refractivity contribution in [2.24, 2.45) is 0 Å². The molecule has 0 bridgehead atoms. The van der Waals surface area contributed by atoms with Crippen LogP contribution in [0.25, 0.3) is 11.8 Å². The Morgan fingerprint density at radius 3 is 2.30 bits per heavy atom. The number of hydrogen-bond donors (Lipinski definition) is 1. The standard InChI is InChI=1S/C18H17Cl2NO2/c1-10-13-9-18(23-3)17(22-2)8-12(13)7-16(21-10)11-4-5-14(19)15(20)6-11/h4-10,21H,1-3H3. The molecule has 1 atom stereocenters. The van der Waals surface area contributed by atoms with Crippen molar-refractivity contribution in [3.63, 3.8) is 0 Å². The van der Waals surface area contributed by atoms with E-state index in [0.29, 0.717) is 15.8 Å². The van der Waals surface area contributed by atoms with E-state index < -0.39 is 0 Å². The molecule has 3 rings (SSSR count). The molecule has 1 aliphatic heterocycles. The summed E-state index contributed by atoms with van der Waals surface area (Å²) in [5.41, 5.74) is 4.24. The van der Waals surface area contributed by atoms with Gasteiger partial charge < -0.3 is 14.8 Å². The van der Waals surface area contributed by atoms with Crippen LogP contribution in [0.2, 0.25) is 10.0 Å². The number of ether oxygens (including phenoxy) is 2. The zero-order valence-corrected chi connectivity index (χ0v) is 14.6. The van der Waals surface area contributed by atoms with Gasteiger partial charge in [-0.15, -0.1) is 0 Å².